The average molecular weight is 315 g/mol. The van der Waals surface area contributed by atoms with Crippen molar-refractivity contribution in [3.63, 3.8) is 0 Å². The first-order chi connectivity index (χ1) is 11.0. The van der Waals surface area contributed by atoms with Crippen LogP contribution in [0.4, 0.5) is 0 Å². The molecule has 1 amide bonds. The molecular formula is C17H17NO5. The van der Waals surface area contributed by atoms with E-state index in [2.05, 4.69) is 5.32 Å². The second kappa shape index (κ2) is 7.40. The number of carbonyl (C=O) groups is 3. The third kappa shape index (κ3) is 4.81. The van der Waals surface area contributed by atoms with Gasteiger partial charge in [0.25, 0.3) is 0 Å². The van der Waals surface area contributed by atoms with Gasteiger partial charge < -0.3 is 15.5 Å². The van der Waals surface area contributed by atoms with Crippen molar-refractivity contribution in [2.75, 3.05) is 0 Å². The smallest absolute Gasteiger partial charge is 0.326 e. The zero-order chi connectivity index (χ0) is 16.8. The first kappa shape index (κ1) is 16.5. The predicted molar refractivity (Wildman–Crippen MR) is 84.1 cm³/mol. The summed E-state index contributed by atoms with van der Waals surface area (Å²) in [5, 5.41) is 22.1. The summed E-state index contributed by atoms with van der Waals surface area (Å²) in [6, 6.07) is 12.1. The van der Waals surface area contributed by atoms with E-state index in [9.17, 15) is 14.4 Å². The molecule has 0 unspecified atom stereocenters. The molecule has 0 bridgehead atoms. The van der Waals surface area contributed by atoms with Crippen LogP contribution in [-0.2, 0) is 20.8 Å². The van der Waals surface area contributed by atoms with Crippen molar-refractivity contribution in [1.82, 2.24) is 5.32 Å². The Morgan fingerprint density at radius 3 is 2.35 bits per heavy atom. The molecule has 3 N–H and O–H groups in total. The Kier molecular flexibility index (Phi) is 5.30. The third-order valence-corrected chi connectivity index (χ3v) is 3.46. The van der Waals surface area contributed by atoms with Crippen LogP contribution >= 0.6 is 0 Å². The first-order valence-corrected chi connectivity index (χ1v) is 7.17. The maximum atomic E-state index is 12.0. The Bertz CT molecular complexity index is 741. The maximum Gasteiger partial charge on any atom is 0.326 e. The van der Waals surface area contributed by atoms with E-state index < -0.39 is 23.9 Å². The van der Waals surface area contributed by atoms with Crippen molar-refractivity contribution in [1.29, 1.82) is 0 Å². The zero-order valence-corrected chi connectivity index (χ0v) is 12.4. The summed E-state index contributed by atoms with van der Waals surface area (Å²) in [6.07, 6.45) is -0.414. The number of hydrogen-bond acceptors (Lipinski definition) is 3. The summed E-state index contributed by atoms with van der Waals surface area (Å²) in [5.74, 6) is -2.78. The molecule has 23 heavy (non-hydrogen) atoms. The highest BCUT2D eigenvalue weighted by Crippen LogP contribution is 2.16. The molecule has 0 aliphatic carbocycles. The fourth-order valence-electron chi connectivity index (χ4n) is 2.30. The van der Waals surface area contributed by atoms with Crippen LogP contribution in [0.5, 0.6) is 0 Å². The molecule has 2 rings (SSSR count). The van der Waals surface area contributed by atoms with Gasteiger partial charge in [-0.3, -0.25) is 9.59 Å². The number of nitrogens with one attached hydrogen (secondary N) is 1. The summed E-state index contributed by atoms with van der Waals surface area (Å²) in [7, 11) is 0. The minimum Gasteiger partial charge on any atom is -0.481 e. The molecule has 0 saturated carbocycles. The molecule has 120 valence electrons. The lowest BCUT2D eigenvalue weighted by atomic mass is 10.0. The molecule has 6 nitrogen and oxygen atoms in total. The largest absolute Gasteiger partial charge is 0.481 e. The van der Waals surface area contributed by atoms with E-state index in [0.717, 1.165) is 16.3 Å². The molecule has 6 heteroatoms. The normalized spacial score (nSPS) is 11.8. The van der Waals surface area contributed by atoms with Crippen molar-refractivity contribution in [3.05, 3.63) is 48.0 Å². The summed E-state index contributed by atoms with van der Waals surface area (Å²) < 4.78 is 0. The van der Waals surface area contributed by atoms with Gasteiger partial charge in [0.1, 0.15) is 6.04 Å². The highest BCUT2D eigenvalue weighted by Gasteiger charge is 2.20. The van der Waals surface area contributed by atoms with E-state index in [-0.39, 0.29) is 19.3 Å². The number of carboxylic acids is 2. The zero-order valence-electron chi connectivity index (χ0n) is 12.4. The molecule has 0 saturated heterocycles. The fraction of sp³-hybridized carbons (Fsp3) is 0.235. The number of carboxylic acid groups (broad SMARTS) is 2. The summed E-state index contributed by atoms with van der Waals surface area (Å²) >= 11 is 0. The van der Waals surface area contributed by atoms with Gasteiger partial charge in [-0.05, 0) is 22.8 Å². The van der Waals surface area contributed by atoms with Crippen molar-refractivity contribution < 1.29 is 24.6 Å². The molecule has 0 spiro atoms. The van der Waals surface area contributed by atoms with Crippen molar-refractivity contribution >= 4 is 28.6 Å². The first-order valence-electron chi connectivity index (χ1n) is 7.17. The fourth-order valence-corrected chi connectivity index (χ4v) is 2.30. The van der Waals surface area contributed by atoms with Crippen LogP contribution in [-0.4, -0.2) is 34.1 Å². The Hall–Kier alpha value is -2.89. The van der Waals surface area contributed by atoms with E-state index in [4.69, 9.17) is 10.2 Å². The van der Waals surface area contributed by atoms with Crippen LogP contribution in [0.2, 0.25) is 0 Å². The lowest BCUT2D eigenvalue weighted by Gasteiger charge is -2.13. The highest BCUT2D eigenvalue weighted by atomic mass is 16.4. The average Bonchev–Trinajstić information content (AvgIpc) is 2.50. The minimum atomic E-state index is -1.24. The van der Waals surface area contributed by atoms with Gasteiger partial charge in [-0.2, -0.15) is 0 Å². The van der Waals surface area contributed by atoms with E-state index >= 15 is 0 Å². The van der Waals surface area contributed by atoms with E-state index in [1.807, 2.05) is 42.5 Å². The number of carbonyl (C=O) groups excluding carboxylic acids is 1. The molecule has 0 aliphatic heterocycles. The van der Waals surface area contributed by atoms with Gasteiger partial charge in [0, 0.05) is 6.42 Å². The number of hydrogen-bond donors (Lipinski definition) is 3. The molecule has 0 fully saturated rings. The van der Waals surface area contributed by atoms with Crippen LogP contribution in [0.25, 0.3) is 10.8 Å². The minimum absolute atomic E-state index is 0.0433. The van der Waals surface area contributed by atoms with Gasteiger partial charge >= 0.3 is 11.9 Å². The number of amides is 1. The Morgan fingerprint density at radius 1 is 1.00 bits per heavy atom. The van der Waals surface area contributed by atoms with Crippen molar-refractivity contribution in [3.8, 4) is 0 Å². The Labute approximate surface area is 132 Å². The topological polar surface area (TPSA) is 104 Å². The van der Waals surface area contributed by atoms with Crippen LogP contribution in [0.15, 0.2) is 42.5 Å². The Morgan fingerprint density at radius 2 is 1.70 bits per heavy atom. The molecule has 2 aromatic rings. The Balaban J connectivity index is 2.01. The monoisotopic (exact) mass is 315 g/mol. The summed E-state index contributed by atoms with van der Waals surface area (Å²) in [4.78, 5) is 33.6. The lowest BCUT2D eigenvalue weighted by Crippen LogP contribution is -2.41. The second-order valence-electron chi connectivity index (χ2n) is 5.25. The molecule has 0 aliphatic rings. The number of aliphatic carboxylic acids is 2. The third-order valence-electron chi connectivity index (χ3n) is 3.46. The molecular weight excluding hydrogens is 298 g/mol. The SMILES string of the molecule is O=C(O)CC[C@@H](NC(=O)Cc1ccc2ccccc2c1)C(=O)O. The number of rotatable bonds is 7. The van der Waals surface area contributed by atoms with E-state index in [1.165, 1.54) is 0 Å². The summed E-state index contributed by atoms with van der Waals surface area (Å²) in [5.41, 5.74) is 0.767. The van der Waals surface area contributed by atoms with E-state index in [1.54, 1.807) is 0 Å². The second-order valence-corrected chi connectivity index (χ2v) is 5.25. The van der Waals surface area contributed by atoms with Crippen LogP contribution in [0, 0.1) is 0 Å². The lowest BCUT2D eigenvalue weighted by molar-refractivity contribution is -0.143. The number of fused-ring (bicyclic) bond motifs is 1. The highest BCUT2D eigenvalue weighted by molar-refractivity contribution is 5.87. The number of benzene rings is 2. The standard InChI is InChI=1S/C17H17NO5/c19-15(18-14(17(22)23)7-8-16(20)21)10-11-5-6-12-3-1-2-4-13(12)9-11/h1-6,9,14H,7-8,10H2,(H,18,19)(H,20,21)(H,22,23)/t14-/m1/s1. The van der Waals surface area contributed by atoms with Gasteiger partial charge in [0.05, 0.1) is 6.42 Å². The van der Waals surface area contributed by atoms with Gasteiger partial charge in [-0.15, -0.1) is 0 Å². The van der Waals surface area contributed by atoms with Crippen molar-refractivity contribution in [2.45, 2.75) is 25.3 Å². The van der Waals surface area contributed by atoms with Gasteiger partial charge in [-0.25, -0.2) is 4.79 Å². The van der Waals surface area contributed by atoms with Gasteiger partial charge in [-0.1, -0.05) is 42.5 Å². The van der Waals surface area contributed by atoms with Crippen molar-refractivity contribution in [2.24, 2.45) is 0 Å². The van der Waals surface area contributed by atoms with E-state index in [0.29, 0.717) is 0 Å². The maximum absolute atomic E-state index is 12.0. The quantitative estimate of drug-likeness (QED) is 0.723. The van der Waals surface area contributed by atoms with Crippen LogP contribution in [0.1, 0.15) is 18.4 Å². The van der Waals surface area contributed by atoms with Crippen LogP contribution in [0.3, 0.4) is 0 Å². The summed E-state index contributed by atoms with van der Waals surface area (Å²) in [6.45, 7) is 0. The molecule has 0 radical (unpaired) electrons. The van der Waals surface area contributed by atoms with Crippen LogP contribution < -0.4 is 5.32 Å². The predicted octanol–water partition coefficient (Wildman–Crippen LogP) is 1.82. The molecule has 0 aromatic heterocycles. The molecule has 0 heterocycles. The van der Waals surface area contributed by atoms with Gasteiger partial charge in [0.2, 0.25) is 5.91 Å². The van der Waals surface area contributed by atoms with Gasteiger partial charge in [0.15, 0.2) is 0 Å². The molecule has 2 aromatic carbocycles. The molecule has 1 atom stereocenters.